The fraction of sp³-hybridized carbons (Fsp3) is 0.462. The molecule has 0 unspecified atom stereocenters. The Kier molecular flexibility index (Phi) is 2.86. The molecule has 2 atom stereocenters. The lowest BCUT2D eigenvalue weighted by atomic mass is 10.0. The molecular formula is C13H17NO2. The van der Waals surface area contributed by atoms with Crippen LogP contribution in [0.1, 0.15) is 29.7 Å². The van der Waals surface area contributed by atoms with Gasteiger partial charge in [0.05, 0.1) is 13.2 Å². The average molecular weight is 219 g/mol. The molecule has 0 aliphatic heterocycles. The summed E-state index contributed by atoms with van der Waals surface area (Å²) in [5, 5.41) is 2.90. The fourth-order valence-electron chi connectivity index (χ4n) is 2.37. The summed E-state index contributed by atoms with van der Waals surface area (Å²) in [7, 11) is 1.39. The van der Waals surface area contributed by atoms with Crippen LogP contribution in [-0.4, -0.2) is 13.2 Å². The zero-order valence-corrected chi connectivity index (χ0v) is 9.91. The molecule has 0 saturated carbocycles. The van der Waals surface area contributed by atoms with Crippen molar-refractivity contribution >= 4 is 6.09 Å². The molecule has 0 spiro atoms. The molecule has 0 bridgehead atoms. The number of hydrogen-bond acceptors (Lipinski definition) is 2. The second kappa shape index (κ2) is 4.16. The first kappa shape index (κ1) is 11.0. The van der Waals surface area contributed by atoms with Crippen LogP contribution in [0.3, 0.4) is 0 Å². The highest BCUT2D eigenvalue weighted by molar-refractivity contribution is 5.68. The molecule has 86 valence electrons. The van der Waals surface area contributed by atoms with Gasteiger partial charge in [0, 0.05) is 0 Å². The monoisotopic (exact) mass is 219 g/mol. The Balaban J connectivity index is 2.27. The van der Waals surface area contributed by atoms with Gasteiger partial charge in [0.1, 0.15) is 0 Å². The van der Waals surface area contributed by atoms with Gasteiger partial charge in [-0.05, 0) is 30.4 Å². The molecule has 0 fully saturated rings. The molecule has 1 N–H and O–H groups in total. The minimum Gasteiger partial charge on any atom is -0.453 e. The summed E-state index contributed by atoms with van der Waals surface area (Å²) in [6.45, 7) is 4.22. The summed E-state index contributed by atoms with van der Waals surface area (Å²) in [6.07, 6.45) is 0.663. The maximum Gasteiger partial charge on any atom is 0.407 e. The van der Waals surface area contributed by atoms with Gasteiger partial charge >= 0.3 is 6.09 Å². The molecule has 0 heterocycles. The number of rotatable bonds is 1. The number of carbonyl (C=O) groups excluding carboxylic acids is 1. The highest BCUT2D eigenvalue weighted by atomic mass is 16.5. The number of amides is 1. The molecule has 2 rings (SSSR count). The largest absolute Gasteiger partial charge is 0.453 e. The number of benzene rings is 1. The Morgan fingerprint density at radius 3 is 2.94 bits per heavy atom. The number of hydrogen-bond donors (Lipinski definition) is 1. The van der Waals surface area contributed by atoms with E-state index in [2.05, 4.69) is 42.1 Å². The molecule has 1 amide bonds. The Morgan fingerprint density at radius 2 is 2.25 bits per heavy atom. The van der Waals surface area contributed by atoms with Crippen LogP contribution in [-0.2, 0) is 11.2 Å². The van der Waals surface area contributed by atoms with Crippen molar-refractivity contribution in [3.63, 3.8) is 0 Å². The highest BCUT2D eigenvalue weighted by Gasteiger charge is 2.30. The van der Waals surface area contributed by atoms with E-state index < -0.39 is 0 Å². The maximum atomic E-state index is 11.3. The van der Waals surface area contributed by atoms with E-state index in [0.717, 1.165) is 6.42 Å². The predicted octanol–water partition coefficient (Wildman–Crippen LogP) is 2.58. The molecule has 0 radical (unpaired) electrons. The summed E-state index contributed by atoms with van der Waals surface area (Å²) >= 11 is 0. The van der Waals surface area contributed by atoms with E-state index in [1.54, 1.807) is 0 Å². The number of nitrogens with one attached hydrogen (secondary N) is 1. The van der Waals surface area contributed by atoms with Gasteiger partial charge < -0.3 is 10.1 Å². The van der Waals surface area contributed by atoms with E-state index in [4.69, 9.17) is 0 Å². The average Bonchev–Trinajstić information content (AvgIpc) is 2.55. The fourth-order valence-corrected chi connectivity index (χ4v) is 2.37. The number of methoxy groups -OCH3 is 1. The van der Waals surface area contributed by atoms with Gasteiger partial charge in [0.15, 0.2) is 0 Å². The maximum absolute atomic E-state index is 11.3. The first-order valence-corrected chi connectivity index (χ1v) is 5.55. The van der Waals surface area contributed by atoms with Gasteiger partial charge in [-0.3, -0.25) is 0 Å². The number of aryl methyl sites for hydroxylation is 1. The molecule has 0 saturated heterocycles. The van der Waals surface area contributed by atoms with E-state index in [1.807, 2.05) is 0 Å². The van der Waals surface area contributed by atoms with Gasteiger partial charge in [-0.25, -0.2) is 4.79 Å². The van der Waals surface area contributed by atoms with Crippen LogP contribution in [0, 0.1) is 12.8 Å². The first-order valence-electron chi connectivity index (χ1n) is 5.55. The van der Waals surface area contributed by atoms with Crippen LogP contribution >= 0.6 is 0 Å². The van der Waals surface area contributed by atoms with Crippen molar-refractivity contribution in [1.29, 1.82) is 0 Å². The smallest absolute Gasteiger partial charge is 0.407 e. The predicted molar refractivity (Wildman–Crippen MR) is 62.3 cm³/mol. The number of alkyl carbamates (subject to hydrolysis) is 1. The first-order chi connectivity index (χ1) is 7.61. The molecule has 16 heavy (non-hydrogen) atoms. The van der Waals surface area contributed by atoms with Gasteiger partial charge in [-0.1, -0.05) is 30.7 Å². The Hall–Kier alpha value is -1.51. The van der Waals surface area contributed by atoms with E-state index in [0.29, 0.717) is 5.92 Å². The lowest BCUT2D eigenvalue weighted by Gasteiger charge is -2.17. The van der Waals surface area contributed by atoms with Crippen molar-refractivity contribution < 1.29 is 9.53 Å². The van der Waals surface area contributed by atoms with E-state index in [9.17, 15) is 4.79 Å². The third-order valence-corrected chi connectivity index (χ3v) is 3.21. The van der Waals surface area contributed by atoms with E-state index in [-0.39, 0.29) is 12.1 Å². The molecule has 1 aromatic carbocycles. The van der Waals surface area contributed by atoms with Crippen LogP contribution < -0.4 is 5.32 Å². The Labute approximate surface area is 95.8 Å². The highest BCUT2D eigenvalue weighted by Crippen LogP contribution is 2.36. The van der Waals surface area contributed by atoms with Crippen LogP contribution in [0.4, 0.5) is 4.79 Å². The van der Waals surface area contributed by atoms with Crippen LogP contribution in [0.5, 0.6) is 0 Å². The van der Waals surface area contributed by atoms with Crippen molar-refractivity contribution in [2.24, 2.45) is 5.92 Å². The van der Waals surface area contributed by atoms with Gasteiger partial charge in [-0.2, -0.15) is 0 Å². The van der Waals surface area contributed by atoms with Crippen molar-refractivity contribution in [1.82, 2.24) is 5.32 Å². The topological polar surface area (TPSA) is 38.3 Å². The second-order valence-electron chi connectivity index (χ2n) is 4.50. The zero-order valence-electron chi connectivity index (χ0n) is 9.91. The summed E-state index contributed by atoms with van der Waals surface area (Å²) in [5.74, 6) is 0.427. The lowest BCUT2D eigenvalue weighted by Crippen LogP contribution is -2.30. The molecule has 3 heteroatoms. The zero-order chi connectivity index (χ0) is 11.7. The second-order valence-corrected chi connectivity index (χ2v) is 4.50. The van der Waals surface area contributed by atoms with Gasteiger partial charge in [0.2, 0.25) is 0 Å². The van der Waals surface area contributed by atoms with Crippen molar-refractivity contribution in [2.45, 2.75) is 26.3 Å². The summed E-state index contributed by atoms with van der Waals surface area (Å²) in [6, 6.07) is 6.51. The van der Waals surface area contributed by atoms with Crippen molar-refractivity contribution in [2.75, 3.05) is 7.11 Å². The third-order valence-electron chi connectivity index (χ3n) is 3.21. The third kappa shape index (κ3) is 1.90. The SMILES string of the molecule is COC(=O)N[C@@H]1c2cc(C)ccc2C[C@H]1C. The molecule has 1 aromatic rings. The Bertz CT molecular complexity index is 414. The van der Waals surface area contributed by atoms with E-state index >= 15 is 0 Å². The molecule has 1 aliphatic carbocycles. The number of ether oxygens (including phenoxy) is 1. The van der Waals surface area contributed by atoms with Crippen molar-refractivity contribution in [3.05, 3.63) is 34.9 Å². The summed E-state index contributed by atoms with van der Waals surface area (Å²) in [4.78, 5) is 11.3. The minimum atomic E-state index is -0.355. The number of carbonyl (C=O) groups is 1. The van der Waals surface area contributed by atoms with Crippen LogP contribution in [0.2, 0.25) is 0 Å². The van der Waals surface area contributed by atoms with Crippen LogP contribution in [0.25, 0.3) is 0 Å². The molecule has 1 aliphatic rings. The molecular weight excluding hydrogens is 202 g/mol. The Morgan fingerprint density at radius 1 is 1.50 bits per heavy atom. The normalized spacial score (nSPS) is 22.7. The van der Waals surface area contributed by atoms with Crippen LogP contribution in [0.15, 0.2) is 18.2 Å². The quantitative estimate of drug-likeness (QED) is 0.788. The summed E-state index contributed by atoms with van der Waals surface area (Å²) in [5.41, 5.74) is 3.79. The molecule has 0 aromatic heterocycles. The van der Waals surface area contributed by atoms with Gasteiger partial charge in [-0.15, -0.1) is 0 Å². The standard InChI is InChI=1S/C13H17NO2/c1-8-4-5-10-7-9(2)12(11(10)6-8)14-13(15)16-3/h4-6,9,12H,7H2,1-3H3,(H,14,15)/t9-,12+/m1/s1. The van der Waals surface area contributed by atoms with Crippen molar-refractivity contribution in [3.8, 4) is 0 Å². The lowest BCUT2D eigenvalue weighted by molar-refractivity contribution is 0.163. The summed E-state index contributed by atoms with van der Waals surface area (Å²) < 4.78 is 4.66. The van der Waals surface area contributed by atoms with E-state index in [1.165, 1.54) is 23.8 Å². The molecule has 3 nitrogen and oxygen atoms in total. The number of fused-ring (bicyclic) bond motifs is 1. The van der Waals surface area contributed by atoms with Gasteiger partial charge in [0.25, 0.3) is 0 Å². The minimum absolute atomic E-state index is 0.0855.